The lowest BCUT2D eigenvalue weighted by molar-refractivity contribution is -0.156. The first-order chi connectivity index (χ1) is 9.35. The maximum atomic E-state index is 11.6. The maximum Gasteiger partial charge on any atom is 0.337 e. The Morgan fingerprint density at radius 1 is 1.30 bits per heavy atom. The molecule has 0 radical (unpaired) electrons. The van der Waals surface area contributed by atoms with Gasteiger partial charge >= 0.3 is 5.97 Å². The fraction of sp³-hybridized carbons (Fsp3) is 0.429. The molecule has 0 bridgehead atoms. The number of aliphatic carboxylic acids is 1. The van der Waals surface area contributed by atoms with Crippen LogP contribution in [0.3, 0.4) is 0 Å². The molecule has 1 unspecified atom stereocenters. The summed E-state index contributed by atoms with van der Waals surface area (Å²) in [5, 5.41) is 20.6. The van der Waals surface area contributed by atoms with E-state index < -0.39 is 11.6 Å². The zero-order valence-electron chi connectivity index (χ0n) is 11.5. The topological polar surface area (TPSA) is 95.9 Å². The molecule has 0 aliphatic carbocycles. The van der Waals surface area contributed by atoms with Crippen LogP contribution in [-0.2, 0) is 16.0 Å². The van der Waals surface area contributed by atoms with Gasteiger partial charge in [-0.15, -0.1) is 0 Å². The van der Waals surface area contributed by atoms with Crippen LogP contribution in [0.2, 0.25) is 0 Å². The van der Waals surface area contributed by atoms with Crippen LogP contribution in [0.15, 0.2) is 24.3 Å². The lowest BCUT2D eigenvalue weighted by Gasteiger charge is -2.18. The first-order valence-electron chi connectivity index (χ1n) is 6.29. The van der Waals surface area contributed by atoms with Gasteiger partial charge in [-0.2, -0.15) is 0 Å². The average molecular weight is 281 g/mol. The number of ether oxygens (including phenoxy) is 1. The molecule has 110 valence electrons. The number of carboxylic acids is 1. The average Bonchev–Trinajstić information content (AvgIpc) is 2.39. The number of hydrogen-bond donors (Lipinski definition) is 3. The van der Waals surface area contributed by atoms with Crippen molar-refractivity contribution in [1.29, 1.82) is 0 Å². The fourth-order valence-electron chi connectivity index (χ4n) is 1.46. The molecule has 0 aliphatic rings. The number of nitrogens with one attached hydrogen (secondary N) is 1. The van der Waals surface area contributed by atoms with Gasteiger partial charge in [0.05, 0.1) is 19.6 Å². The molecule has 0 aliphatic heterocycles. The summed E-state index contributed by atoms with van der Waals surface area (Å²) < 4.78 is 5.29. The molecule has 1 aromatic carbocycles. The number of rotatable bonds is 7. The minimum absolute atomic E-state index is 0.113. The molecule has 1 aromatic rings. The van der Waals surface area contributed by atoms with E-state index in [-0.39, 0.29) is 18.9 Å². The minimum atomic E-state index is -1.96. The number of carboxylic acid groups (broad SMARTS) is 1. The van der Waals surface area contributed by atoms with E-state index in [1.165, 1.54) is 0 Å². The van der Waals surface area contributed by atoms with Gasteiger partial charge in [0.15, 0.2) is 5.60 Å². The van der Waals surface area contributed by atoms with Gasteiger partial charge in [-0.1, -0.05) is 12.1 Å². The van der Waals surface area contributed by atoms with Gasteiger partial charge in [-0.25, -0.2) is 4.79 Å². The molecule has 6 nitrogen and oxygen atoms in total. The molecular formula is C14H19NO5. The van der Waals surface area contributed by atoms with Crippen molar-refractivity contribution in [3.8, 4) is 5.75 Å². The van der Waals surface area contributed by atoms with E-state index in [4.69, 9.17) is 9.84 Å². The van der Waals surface area contributed by atoms with E-state index in [1.807, 2.05) is 6.92 Å². The molecule has 1 atom stereocenters. The fourth-order valence-corrected chi connectivity index (χ4v) is 1.46. The Hall–Kier alpha value is -2.08. The molecule has 6 heteroatoms. The smallest absolute Gasteiger partial charge is 0.337 e. The summed E-state index contributed by atoms with van der Waals surface area (Å²) in [4.78, 5) is 22.3. The van der Waals surface area contributed by atoms with E-state index >= 15 is 0 Å². The quantitative estimate of drug-likeness (QED) is 0.679. The summed E-state index contributed by atoms with van der Waals surface area (Å²) in [6.45, 7) is 3.25. The summed E-state index contributed by atoms with van der Waals surface area (Å²) in [6.07, 6.45) is 0.113. The van der Waals surface area contributed by atoms with Gasteiger partial charge in [0.25, 0.3) is 0 Å². The predicted molar refractivity (Wildman–Crippen MR) is 72.6 cm³/mol. The van der Waals surface area contributed by atoms with E-state index in [0.717, 1.165) is 18.2 Å². The number of hydrogen-bond acceptors (Lipinski definition) is 4. The van der Waals surface area contributed by atoms with Crippen LogP contribution >= 0.6 is 0 Å². The van der Waals surface area contributed by atoms with Crippen LogP contribution in [0.4, 0.5) is 0 Å². The SMILES string of the molecule is CCOc1ccc(CC(=O)NCC(C)(O)C(=O)O)cc1. The maximum absolute atomic E-state index is 11.6. The monoisotopic (exact) mass is 281 g/mol. The molecule has 0 saturated heterocycles. The summed E-state index contributed by atoms with van der Waals surface area (Å²) in [5.41, 5.74) is -1.19. The standard InChI is InChI=1S/C14H19NO5/c1-3-20-11-6-4-10(5-7-11)8-12(16)15-9-14(2,19)13(17)18/h4-7,19H,3,8-9H2,1-2H3,(H,15,16)(H,17,18). The first kappa shape index (κ1) is 16.0. The lowest BCUT2D eigenvalue weighted by Crippen LogP contribution is -2.46. The Bertz CT molecular complexity index is 467. The van der Waals surface area contributed by atoms with Gasteiger partial charge in [0, 0.05) is 0 Å². The second-order valence-corrected chi connectivity index (χ2v) is 4.61. The van der Waals surface area contributed by atoms with Gasteiger partial charge in [-0.05, 0) is 31.5 Å². The van der Waals surface area contributed by atoms with Crippen molar-refractivity contribution < 1.29 is 24.5 Å². The number of carbonyl (C=O) groups excluding carboxylic acids is 1. The van der Waals surface area contributed by atoms with E-state index in [0.29, 0.717) is 6.61 Å². The van der Waals surface area contributed by atoms with E-state index in [9.17, 15) is 14.7 Å². The van der Waals surface area contributed by atoms with Gasteiger partial charge in [0.1, 0.15) is 5.75 Å². The van der Waals surface area contributed by atoms with Crippen molar-refractivity contribution in [2.24, 2.45) is 0 Å². The third-order valence-electron chi connectivity index (χ3n) is 2.69. The second kappa shape index (κ2) is 6.91. The summed E-state index contributed by atoms with van der Waals surface area (Å²) in [5.74, 6) is -1.000. The largest absolute Gasteiger partial charge is 0.494 e. The lowest BCUT2D eigenvalue weighted by atomic mass is 10.1. The Balaban J connectivity index is 2.48. The summed E-state index contributed by atoms with van der Waals surface area (Å²) in [6, 6.07) is 7.05. The number of amides is 1. The highest BCUT2D eigenvalue weighted by Gasteiger charge is 2.30. The number of carbonyl (C=O) groups is 2. The van der Waals surface area contributed by atoms with Crippen LogP contribution in [-0.4, -0.2) is 40.8 Å². The molecule has 1 rings (SSSR count). The Kier molecular flexibility index (Phi) is 5.52. The van der Waals surface area contributed by atoms with Crippen LogP contribution in [0.1, 0.15) is 19.4 Å². The zero-order chi connectivity index (χ0) is 15.2. The van der Waals surface area contributed by atoms with Crippen molar-refractivity contribution in [2.75, 3.05) is 13.2 Å². The number of aliphatic hydroxyl groups is 1. The Labute approximate surface area is 117 Å². The molecule has 0 fully saturated rings. The zero-order valence-corrected chi connectivity index (χ0v) is 11.5. The van der Waals surface area contributed by atoms with Crippen molar-refractivity contribution in [1.82, 2.24) is 5.32 Å². The van der Waals surface area contributed by atoms with Crippen LogP contribution in [0, 0.1) is 0 Å². The van der Waals surface area contributed by atoms with Crippen molar-refractivity contribution in [3.63, 3.8) is 0 Å². The first-order valence-corrected chi connectivity index (χ1v) is 6.29. The molecule has 3 N–H and O–H groups in total. The normalized spacial score (nSPS) is 13.3. The van der Waals surface area contributed by atoms with Gasteiger partial charge < -0.3 is 20.3 Å². The van der Waals surface area contributed by atoms with E-state index in [2.05, 4.69) is 5.32 Å². The van der Waals surface area contributed by atoms with Crippen LogP contribution < -0.4 is 10.1 Å². The Morgan fingerprint density at radius 2 is 1.90 bits per heavy atom. The molecular weight excluding hydrogens is 262 g/mol. The van der Waals surface area contributed by atoms with Crippen molar-refractivity contribution in [2.45, 2.75) is 25.9 Å². The van der Waals surface area contributed by atoms with Gasteiger partial charge in [0.2, 0.25) is 5.91 Å². The minimum Gasteiger partial charge on any atom is -0.494 e. The van der Waals surface area contributed by atoms with Crippen molar-refractivity contribution in [3.05, 3.63) is 29.8 Å². The third kappa shape index (κ3) is 4.89. The second-order valence-electron chi connectivity index (χ2n) is 4.61. The summed E-state index contributed by atoms with van der Waals surface area (Å²) in [7, 11) is 0. The third-order valence-corrected chi connectivity index (χ3v) is 2.69. The molecule has 0 aromatic heterocycles. The van der Waals surface area contributed by atoms with E-state index in [1.54, 1.807) is 24.3 Å². The van der Waals surface area contributed by atoms with Crippen LogP contribution in [0.5, 0.6) is 5.75 Å². The highest BCUT2D eigenvalue weighted by Crippen LogP contribution is 2.12. The highest BCUT2D eigenvalue weighted by molar-refractivity contribution is 5.81. The molecule has 0 saturated carbocycles. The summed E-state index contributed by atoms with van der Waals surface area (Å²) >= 11 is 0. The predicted octanol–water partition coefficient (Wildman–Crippen LogP) is 0.580. The highest BCUT2D eigenvalue weighted by atomic mass is 16.5. The molecule has 0 spiro atoms. The molecule has 0 heterocycles. The van der Waals surface area contributed by atoms with Gasteiger partial charge in [-0.3, -0.25) is 4.79 Å². The molecule has 20 heavy (non-hydrogen) atoms. The molecule has 1 amide bonds. The van der Waals surface area contributed by atoms with Crippen LogP contribution in [0.25, 0.3) is 0 Å². The van der Waals surface area contributed by atoms with Crippen molar-refractivity contribution >= 4 is 11.9 Å². The Morgan fingerprint density at radius 3 is 2.40 bits per heavy atom. The number of benzene rings is 1.